The Labute approximate surface area is 79.1 Å². The van der Waals surface area contributed by atoms with Gasteiger partial charge in [-0.25, -0.2) is 0 Å². The lowest BCUT2D eigenvalue weighted by Gasteiger charge is -2.01. The Hall–Kier alpha value is -0.250. The predicted octanol–water partition coefficient (Wildman–Crippen LogP) is 2.88. The van der Waals surface area contributed by atoms with Gasteiger partial charge >= 0.3 is 0 Å². The molecule has 0 bridgehead atoms. The van der Waals surface area contributed by atoms with E-state index in [0.717, 1.165) is 12.8 Å². The van der Waals surface area contributed by atoms with Crippen molar-refractivity contribution in [1.29, 1.82) is 0 Å². The average Bonchev–Trinajstić information content (AvgIpc) is 2.03. The molecule has 0 spiro atoms. The number of rotatable bonds is 7. The monoisotopic (exact) mass is 191 g/mol. The highest BCUT2D eigenvalue weighted by Crippen LogP contribution is 2.10. The maximum atomic E-state index is 10.1. The zero-order chi connectivity index (χ0) is 9.40. The Kier molecular flexibility index (Phi) is 7.25. The second-order valence-corrected chi connectivity index (χ2v) is 3.56. The molecule has 0 aromatic carbocycles. The van der Waals surface area contributed by atoms with Gasteiger partial charge in [0.2, 0.25) is 0 Å². The second-order valence-electron chi connectivity index (χ2n) is 2.97. The van der Waals surface area contributed by atoms with Crippen molar-refractivity contribution in [2.45, 2.75) is 50.8 Å². The molecule has 0 saturated heterocycles. The van der Waals surface area contributed by atoms with Gasteiger partial charge in [0.05, 0.1) is 0 Å². The quantitative estimate of drug-likeness (QED) is 0.221. The summed E-state index contributed by atoms with van der Waals surface area (Å²) in [5.41, 5.74) is 0. The molecule has 0 rings (SSSR count). The molecule has 1 atom stereocenters. The molecule has 0 aliphatic heterocycles. The van der Waals surface area contributed by atoms with Crippen LogP contribution in [0.15, 0.2) is 0 Å². The van der Waals surface area contributed by atoms with E-state index in [1.165, 1.54) is 19.3 Å². The lowest BCUT2D eigenvalue weighted by atomic mass is 10.1. The van der Waals surface area contributed by atoms with E-state index in [9.17, 15) is 10.1 Å². The van der Waals surface area contributed by atoms with Crippen LogP contribution in [0.2, 0.25) is 0 Å². The number of hydrogen-bond acceptors (Lipinski definition) is 3. The average molecular weight is 191 g/mol. The molecular formula is C8H17NO2S. The zero-order valence-electron chi connectivity index (χ0n) is 7.53. The van der Waals surface area contributed by atoms with Crippen LogP contribution in [0, 0.1) is 10.1 Å². The lowest BCUT2D eigenvalue weighted by molar-refractivity contribution is -0.495. The third kappa shape index (κ3) is 6.46. The van der Waals surface area contributed by atoms with Crippen LogP contribution in [0.4, 0.5) is 0 Å². The first-order valence-corrected chi connectivity index (χ1v) is 5.01. The minimum atomic E-state index is -0.661. The summed E-state index contributed by atoms with van der Waals surface area (Å²) >= 11 is 3.85. The fraction of sp³-hybridized carbons (Fsp3) is 1.00. The molecule has 72 valence electrons. The normalized spacial score (nSPS) is 12.8. The van der Waals surface area contributed by atoms with E-state index in [1.54, 1.807) is 0 Å². The van der Waals surface area contributed by atoms with Crippen LogP contribution in [0.25, 0.3) is 0 Å². The molecule has 0 N–H and O–H groups in total. The van der Waals surface area contributed by atoms with Crippen LogP contribution in [0.1, 0.15) is 45.4 Å². The second kappa shape index (κ2) is 7.40. The number of nitro groups is 1. The largest absolute Gasteiger partial charge is 0.263 e. The first-order chi connectivity index (χ1) is 5.68. The summed E-state index contributed by atoms with van der Waals surface area (Å²) in [5.74, 6) is 0. The number of nitrogens with zero attached hydrogens (tertiary/aromatic N) is 1. The van der Waals surface area contributed by atoms with E-state index in [0.29, 0.717) is 6.42 Å². The van der Waals surface area contributed by atoms with Gasteiger partial charge in [0, 0.05) is 11.3 Å². The summed E-state index contributed by atoms with van der Waals surface area (Å²) in [5, 5.41) is 9.49. The highest BCUT2D eigenvalue weighted by Gasteiger charge is 2.11. The van der Waals surface area contributed by atoms with Crippen molar-refractivity contribution in [2.24, 2.45) is 0 Å². The third-order valence-electron chi connectivity index (χ3n) is 1.81. The smallest absolute Gasteiger partial charge is 0.255 e. The Morgan fingerprint density at radius 2 is 1.92 bits per heavy atom. The van der Waals surface area contributed by atoms with E-state index >= 15 is 0 Å². The molecule has 0 aliphatic carbocycles. The topological polar surface area (TPSA) is 43.1 Å². The molecule has 0 radical (unpaired) electrons. The van der Waals surface area contributed by atoms with Crippen LogP contribution in [-0.4, -0.2) is 10.3 Å². The third-order valence-corrected chi connectivity index (χ3v) is 2.26. The van der Waals surface area contributed by atoms with Crippen LogP contribution >= 0.6 is 12.6 Å². The molecule has 0 amide bonds. The Morgan fingerprint density at radius 3 is 2.42 bits per heavy atom. The minimum Gasteiger partial charge on any atom is -0.263 e. The molecule has 0 fully saturated rings. The minimum absolute atomic E-state index is 0.330. The van der Waals surface area contributed by atoms with Gasteiger partial charge in [-0.15, -0.1) is 12.6 Å². The van der Waals surface area contributed by atoms with Gasteiger partial charge in [-0.1, -0.05) is 32.6 Å². The number of hydrogen-bond donors (Lipinski definition) is 1. The number of unbranched alkanes of at least 4 members (excludes halogenated alkanes) is 4. The van der Waals surface area contributed by atoms with E-state index in [-0.39, 0.29) is 4.92 Å². The van der Waals surface area contributed by atoms with Crippen molar-refractivity contribution in [3.63, 3.8) is 0 Å². The van der Waals surface area contributed by atoms with Crippen molar-refractivity contribution in [1.82, 2.24) is 0 Å². The maximum Gasteiger partial charge on any atom is 0.255 e. The molecule has 0 heterocycles. The Bertz CT molecular complexity index is 130. The fourth-order valence-corrected chi connectivity index (χ4v) is 1.22. The molecular weight excluding hydrogens is 174 g/mol. The van der Waals surface area contributed by atoms with Crippen LogP contribution in [0.3, 0.4) is 0 Å². The van der Waals surface area contributed by atoms with Gasteiger partial charge in [0.25, 0.3) is 5.37 Å². The van der Waals surface area contributed by atoms with Crippen LogP contribution in [-0.2, 0) is 0 Å². The zero-order valence-corrected chi connectivity index (χ0v) is 8.43. The summed E-state index contributed by atoms with van der Waals surface area (Å²) in [7, 11) is 0. The molecule has 1 unspecified atom stereocenters. The predicted molar refractivity (Wildman–Crippen MR) is 53.1 cm³/mol. The van der Waals surface area contributed by atoms with Crippen molar-refractivity contribution >= 4 is 12.6 Å². The highest BCUT2D eigenvalue weighted by atomic mass is 32.1. The molecule has 0 aromatic heterocycles. The SMILES string of the molecule is CCCCCCCC(S)[N+](=O)[O-]. The van der Waals surface area contributed by atoms with Crippen LogP contribution in [0.5, 0.6) is 0 Å². The standard InChI is InChI=1S/C8H17NO2S/c1-2-3-4-5-6-7-8(12)9(10)11/h8,12H,2-7H2,1H3. The first kappa shape index (κ1) is 11.8. The van der Waals surface area contributed by atoms with Crippen LogP contribution < -0.4 is 0 Å². The summed E-state index contributed by atoms with van der Waals surface area (Å²) in [4.78, 5) is 9.82. The summed E-state index contributed by atoms with van der Waals surface area (Å²) in [6.45, 7) is 2.15. The maximum absolute atomic E-state index is 10.1. The Balaban J connectivity index is 3.14. The molecule has 0 aromatic rings. The highest BCUT2D eigenvalue weighted by molar-refractivity contribution is 7.80. The number of thiol groups is 1. The van der Waals surface area contributed by atoms with E-state index in [4.69, 9.17) is 0 Å². The summed E-state index contributed by atoms with van der Waals surface area (Å²) < 4.78 is 0. The van der Waals surface area contributed by atoms with Gasteiger partial charge in [-0.3, -0.25) is 10.1 Å². The Morgan fingerprint density at radius 1 is 1.33 bits per heavy atom. The van der Waals surface area contributed by atoms with Crippen molar-refractivity contribution < 1.29 is 4.92 Å². The molecule has 0 saturated carbocycles. The van der Waals surface area contributed by atoms with E-state index in [2.05, 4.69) is 19.6 Å². The molecule has 4 heteroatoms. The molecule has 3 nitrogen and oxygen atoms in total. The summed E-state index contributed by atoms with van der Waals surface area (Å²) in [6.07, 6.45) is 6.25. The van der Waals surface area contributed by atoms with Gasteiger partial charge in [0.1, 0.15) is 0 Å². The lowest BCUT2D eigenvalue weighted by Crippen LogP contribution is -2.11. The van der Waals surface area contributed by atoms with Gasteiger partial charge in [0.15, 0.2) is 0 Å². The first-order valence-electron chi connectivity index (χ1n) is 4.50. The van der Waals surface area contributed by atoms with Gasteiger partial charge < -0.3 is 0 Å². The fourth-order valence-electron chi connectivity index (χ4n) is 1.04. The van der Waals surface area contributed by atoms with Crippen molar-refractivity contribution in [2.75, 3.05) is 0 Å². The van der Waals surface area contributed by atoms with E-state index in [1.807, 2.05) is 0 Å². The van der Waals surface area contributed by atoms with E-state index < -0.39 is 5.37 Å². The molecule has 12 heavy (non-hydrogen) atoms. The van der Waals surface area contributed by atoms with Crippen molar-refractivity contribution in [3.8, 4) is 0 Å². The van der Waals surface area contributed by atoms with Gasteiger partial charge in [-0.2, -0.15) is 0 Å². The van der Waals surface area contributed by atoms with Crippen molar-refractivity contribution in [3.05, 3.63) is 10.1 Å². The van der Waals surface area contributed by atoms with Gasteiger partial charge in [-0.05, 0) is 6.42 Å². The summed E-state index contributed by atoms with van der Waals surface area (Å²) in [6, 6.07) is 0. The molecule has 0 aliphatic rings.